The second kappa shape index (κ2) is 10.7. The van der Waals surface area contributed by atoms with E-state index in [9.17, 15) is 4.79 Å². The van der Waals surface area contributed by atoms with Crippen LogP contribution in [0.5, 0.6) is 0 Å². The molecule has 0 aliphatic heterocycles. The van der Waals surface area contributed by atoms with Crippen LogP contribution in [0.15, 0.2) is 72.1 Å². The number of hydrogen-bond donors (Lipinski definition) is 1. The molecule has 174 valence electrons. The number of nitrogens with zero attached hydrogens (tertiary/aromatic N) is 5. The number of rotatable bonds is 8. The summed E-state index contributed by atoms with van der Waals surface area (Å²) in [7, 11) is 4.00. The van der Waals surface area contributed by atoms with Crippen LogP contribution < -0.4 is 10.2 Å². The van der Waals surface area contributed by atoms with E-state index in [1.165, 1.54) is 11.8 Å². The lowest BCUT2D eigenvalue weighted by Crippen LogP contribution is -2.24. The lowest BCUT2D eigenvalue weighted by atomic mass is 10.2. The summed E-state index contributed by atoms with van der Waals surface area (Å²) in [5.41, 5.74) is 4.81. The summed E-state index contributed by atoms with van der Waals surface area (Å²) in [5, 5.41) is 13.0. The Morgan fingerprint density at radius 2 is 1.79 bits per heavy atom. The third-order valence-corrected chi connectivity index (χ3v) is 6.67. The van der Waals surface area contributed by atoms with E-state index in [-0.39, 0.29) is 11.7 Å². The first kappa shape index (κ1) is 23.8. The highest BCUT2D eigenvalue weighted by Gasteiger charge is 2.19. The van der Waals surface area contributed by atoms with E-state index in [2.05, 4.69) is 20.5 Å². The zero-order valence-electron chi connectivity index (χ0n) is 19.2. The van der Waals surface area contributed by atoms with Crippen LogP contribution in [0.4, 0.5) is 5.69 Å². The molecule has 0 fully saturated rings. The van der Waals surface area contributed by atoms with Gasteiger partial charge < -0.3 is 10.2 Å². The topological polar surface area (TPSA) is 75.9 Å². The van der Waals surface area contributed by atoms with Crippen LogP contribution in [0.25, 0.3) is 17.1 Å². The predicted molar refractivity (Wildman–Crippen MR) is 138 cm³/mol. The van der Waals surface area contributed by atoms with Crippen LogP contribution in [0.3, 0.4) is 0 Å². The number of thioether (sulfide) groups is 1. The van der Waals surface area contributed by atoms with Crippen LogP contribution in [0.2, 0.25) is 5.02 Å². The van der Waals surface area contributed by atoms with Gasteiger partial charge in [0.2, 0.25) is 5.91 Å². The SMILES string of the molecule is Cc1c(Cl)cccc1-n1c(SCC(=O)NCc2ccc(N(C)C)cc2)nnc1-c1ccncc1. The molecule has 0 bridgehead atoms. The number of carbonyl (C=O) groups is 1. The molecule has 0 radical (unpaired) electrons. The summed E-state index contributed by atoms with van der Waals surface area (Å²) in [4.78, 5) is 18.7. The Labute approximate surface area is 208 Å². The molecule has 7 nitrogen and oxygen atoms in total. The van der Waals surface area contributed by atoms with Crippen molar-refractivity contribution in [3.05, 3.63) is 83.1 Å². The van der Waals surface area contributed by atoms with Gasteiger partial charge in [0.25, 0.3) is 0 Å². The van der Waals surface area contributed by atoms with Crippen LogP contribution >= 0.6 is 23.4 Å². The first-order chi connectivity index (χ1) is 16.4. The maximum absolute atomic E-state index is 12.6. The Kier molecular flexibility index (Phi) is 7.49. The molecule has 0 saturated heterocycles. The summed E-state index contributed by atoms with van der Waals surface area (Å²) < 4.78 is 1.94. The second-order valence-corrected chi connectivity index (χ2v) is 9.24. The molecule has 2 aromatic heterocycles. The van der Waals surface area contributed by atoms with Crippen molar-refractivity contribution < 1.29 is 4.79 Å². The van der Waals surface area contributed by atoms with E-state index in [1.807, 2.05) is 85.1 Å². The summed E-state index contributed by atoms with van der Waals surface area (Å²) in [6.45, 7) is 2.42. The van der Waals surface area contributed by atoms with Gasteiger partial charge in [0.1, 0.15) is 0 Å². The molecule has 0 saturated carbocycles. The van der Waals surface area contributed by atoms with Crippen LogP contribution in [0, 0.1) is 6.92 Å². The first-order valence-electron chi connectivity index (χ1n) is 10.7. The van der Waals surface area contributed by atoms with Gasteiger partial charge in [-0.15, -0.1) is 10.2 Å². The van der Waals surface area contributed by atoms with Crippen molar-refractivity contribution in [1.82, 2.24) is 25.1 Å². The fourth-order valence-corrected chi connectivity index (χ4v) is 4.34. The maximum Gasteiger partial charge on any atom is 0.230 e. The average molecular weight is 493 g/mol. The van der Waals surface area contributed by atoms with Crippen molar-refractivity contribution in [3.63, 3.8) is 0 Å². The molecule has 1 amide bonds. The minimum atomic E-state index is -0.0792. The van der Waals surface area contributed by atoms with E-state index >= 15 is 0 Å². The second-order valence-electron chi connectivity index (χ2n) is 7.89. The highest BCUT2D eigenvalue weighted by molar-refractivity contribution is 7.99. The molecule has 0 atom stereocenters. The number of hydrogen-bond acceptors (Lipinski definition) is 6. The minimum absolute atomic E-state index is 0.0792. The Bertz CT molecular complexity index is 1270. The number of anilines is 1. The Balaban J connectivity index is 1.51. The van der Waals surface area contributed by atoms with Gasteiger partial charge in [0.15, 0.2) is 11.0 Å². The summed E-state index contributed by atoms with van der Waals surface area (Å²) in [6.07, 6.45) is 3.43. The van der Waals surface area contributed by atoms with E-state index in [1.54, 1.807) is 12.4 Å². The van der Waals surface area contributed by atoms with Gasteiger partial charge in [-0.05, 0) is 54.4 Å². The summed E-state index contributed by atoms with van der Waals surface area (Å²) in [5.74, 6) is 0.797. The molecular weight excluding hydrogens is 468 g/mol. The van der Waals surface area contributed by atoms with Gasteiger partial charge in [-0.3, -0.25) is 14.3 Å². The molecule has 4 aromatic rings. The molecule has 0 spiro atoms. The summed E-state index contributed by atoms with van der Waals surface area (Å²) >= 11 is 7.73. The Morgan fingerprint density at radius 3 is 2.50 bits per heavy atom. The number of halogens is 1. The third kappa shape index (κ3) is 5.40. The number of amides is 1. The van der Waals surface area contributed by atoms with E-state index in [0.717, 1.165) is 28.1 Å². The number of aromatic nitrogens is 4. The normalized spacial score (nSPS) is 10.8. The van der Waals surface area contributed by atoms with Gasteiger partial charge in [-0.25, -0.2) is 0 Å². The molecule has 0 aliphatic rings. The Morgan fingerprint density at radius 1 is 1.06 bits per heavy atom. The fraction of sp³-hybridized carbons (Fsp3) is 0.200. The third-order valence-electron chi connectivity index (χ3n) is 5.33. The quantitative estimate of drug-likeness (QED) is 0.357. The molecule has 0 unspecified atom stereocenters. The van der Waals surface area contributed by atoms with Crippen molar-refractivity contribution in [2.75, 3.05) is 24.7 Å². The zero-order chi connectivity index (χ0) is 24.1. The highest BCUT2D eigenvalue weighted by Crippen LogP contribution is 2.31. The zero-order valence-corrected chi connectivity index (χ0v) is 20.8. The first-order valence-corrected chi connectivity index (χ1v) is 12.1. The van der Waals surface area contributed by atoms with Crippen molar-refractivity contribution in [2.45, 2.75) is 18.6 Å². The standard InChI is InChI=1S/C25H25ClN6OS/c1-17-21(26)5-4-6-22(17)32-24(19-11-13-27-14-12-19)29-30-25(32)34-16-23(33)28-15-18-7-9-20(10-8-18)31(2)3/h4-14H,15-16H2,1-3H3,(H,28,33). The van der Waals surface area contributed by atoms with E-state index < -0.39 is 0 Å². The van der Waals surface area contributed by atoms with Gasteiger partial charge >= 0.3 is 0 Å². The summed E-state index contributed by atoms with van der Waals surface area (Å²) in [6, 6.07) is 17.6. The number of benzene rings is 2. The van der Waals surface area contributed by atoms with Gasteiger partial charge in [0, 0.05) is 49.3 Å². The maximum atomic E-state index is 12.6. The average Bonchev–Trinajstić information content (AvgIpc) is 3.27. The van der Waals surface area contributed by atoms with Crippen LogP contribution in [-0.4, -0.2) is 45.5 Å². The number of nitrogens with one attached hydrogen (secondary N) is 1. The molecule has 4 rings (SSSR count). The molecule has 34 heavy (non-hydrogen) atoms. The van der Waals surface area contributed by atoms with Crippen molar-refractivity contribution in [2.24, 2.45) is 0 Å². The van der Waals surface area contributed by atoms with Crippen LogP contribution in [-0.2, 0) is 11.3 Å². The lowest BCUT2D eigenvalue weighted by molar-refractivity contribution is -0.118. The molecule has 2 heterocycles. The molecule has 2 aromatic carbocycles. The Hall–Kier alpha value is -3.36. The lowest BCUT2D eigenvalue weighted by Gasteiger charge is -2.14. The predicted octanol–water partition coefficient (Wildman–Crippen LogP) is 4.77. The number of pyridine rings is 1. The van der Waals surface area contributed by atoms with Gasteiger partial charge in [0.05, 0.1) is 11.4 Å². The monoisotopic (exact) mass is 492 g/mol. The van der Waals surface area contributed by atoms with E-state index in [0.29, 0.717) is 22.5 Å². The van der Waals surface area contributed by atoms with Crippen molar-refractivity contribution in [3.8, 4) is 17.1 Å². The molecule has 1 N–H and O–H groups in total. The molecule has 0 aliphatic carbocycles. The van der Waals surface area contributed by atoms with Gasteiger partial charge in [-0.1, -0.05) is 41.6 Å². The van der Waals surface area contributed by atoms with E-state index in [4.69, 9.17) is 11.6 Å². The highest BCUT2D eigenvalue weighted by atomic mass is 35.5. The number of carbonyl (C=O) groups excluding carboxylic acids is 1. The smallest absolute Gasteiger partial charge is 0.230 e. The van der Waals surface area contributed by atoms with Crippen molar-refractivity contribution >= 4 is 35.0 Å². The van der Waals surface area contributed by atoms with Crippen LogP contribution in [0.1, 0.15) is 11.1 Å². The minimum Gasteiger partial charge on any atom is -0.378 e. The molecule has 9 heteroatoms. The molecular formula is C25H25ClN6OS. The van der Waals surface area contributed by atoms with Crippen molar-refractivity contribution in [1.29, 1.82) is 0 Å². The fourth-order valence-electron chi connectivity index (χ4n) is 3.40. The largest absolute Gasteiger partial charge is 0.378 e. The van der Waals surface area contributed by atoms with Gasteiger partial charge in [-0.2, -0.15) is 0 Å².